The van der Waals surface area contributed by atoms with E-state index in [9.17, 15) is 22.4 Å². The molecule has 1 aliphatic rings. The van der Waals surface area contributed by atoms with Crippen LogP contribution in [0.15, 0.2) is 41.3 Å². The summed E-state index contributed by atoms with van der Waals surface area (Å²) in [5.74, 6) is -0.717. The number of aromatic nitrogens is 4. The van der Waals surface area contributed by atoms with E-state index in [0.29, 0.717) is 41.2 Å². The van der Waals surface area contributed by atoms with Crippen molar-refractivity contribution in [3.63, 3.8) is 0 Å². The monoisotopic (exact) mass is 553 g/mol. The third kappa shape index (κ3) is 5.09. The lowest BCUT2D eigenvalue weighted by atomic mass is 10.0. The SMILES string of the molecule is Cc1cc([C@H](C)Nc2cn(C)nc2C(=O)NS(C)(=O)=O)c2nc(N3Cc4ccc(F)cc4C3)n(C)c(=O)c2c1. The van der Waals surface area contributed by atoms with Crippen molar-refractivity contribution < 1.29 is 17.6 Å². The molecule has 0 spiro atoms. The fraction of sp³-hybridized carbons (Fsp3) is 0.308. The summed E-state index contributed by atoms with van der Waals surface area (Å²) in [6.07, 6.45) is 2.46. The average Bonchev–Trinajstić information content (AvgIpc) is 3.42. The summed E-state index contributed by atoms with van der Waals surface area (Å²) in [6.45, 7) is 4.64. The predicted octanol–water partition coefficient (Wildman–Crippen LogP) is 2.50. The second-order valence-electron chi connectivity index (χ2n) is 9.93. The van der Waals surface area contributed by atoms with Gasteiger partial charge in [-0.2, -0.15) is 5.10 Å². The number of benzene rings is 2. The third-order valence-corrected chi connectivity index (χ3v) is 7.22. The van der Waals surface area contributed by atoms with E-state index in [1.54, 1.807) is 32.4 Å². The van der Waals surface area contributed by atoms with Gasteiger partial charge >= 0.3 is 0 Å². The van der Waals surface area contributed by atoms with Crippen LogP contribution in [-0.2, 0) is 37.2 Å². The number of nitrogens with zero attached hydrogens (tertiary/aromatic N) is 5. The summed E-state index contributed by atoms with van der Waals surface area (Å²) >= 11 is 0. The smallest absolute Gasteiger partial charge is 0.287 e. The van der Waals surface area contributed by atoms with Crippen molar-refractivity contribution >= 4 is 38.5 Å². The van der Waals surface area contributed by atoms with Crippen LogP contribution in [0.1, 0.15) is 45.7 Å². The summed E-state index contributed by atoms with van der Waals surface area (Å²) in [6, 6.07) is 7.92. The lowest BCUT2D eigenvalue weighted by Crippen LogP contribution is -2.30. The molecule has 11 nitrogen and oxygen atoms in total. The zero-order valence-electron chi connectivity index (χ0n) is 22.1. The van der Waals surface area contributed by atoms with E-state index < -0.39 is 22.0 Å². The first-order valence-corrected chi connectivity index (χ1v) is 14.1. The van der Waals surface area contributed by atoms with Crippen LogP contribution in [-0.4, -0.2) is 39.9 Å². The largest absolute Gasteiger partial charge is 0.375 e. The van der Waals surface area contributed by atoms with E-state index in [-0.39, 0.29) is 17.1 Å². The van der Waals surface area contributed by atoms with Gasteiger partial charge in [-0.05, 0) is 48.7 Å². The minimum Gasteiger partial charge on any atom is -0.375 e. The molecule has 13 heteroatoms. The molecule has 0 unspecified atom stereocenters. The molecule has 0 saturated carbocycles. The zero-order chi connectivity index (χ0) is 28.2. The number of sulfonamides is 1. The Labute approximate surface area is 224 Å². The molecule has 204 valence electrons. The molecule has 2 N–H and O–H groups in total. The minimum absolute atomic E-state index is 0.0849. The number of carbonyl (C=O) groups is 1. The minimum atomic E-state index is -3.79. The Kier molecular flexibility index (Phi) is 6.41. The molecule has 0 bridgehead atoms. The first-order chi connectivity index (χ1) is 18.3. The molecule has 3 heterocycles. The molecule has 0 radical (unpaired) electrons. The van der Waals surface area contributed by atoms with Crippen LogP contribution in [0.25, 0.3) is 10.9 Å². The van der Waals surface area contributed by atoms with Gasteiger partial charge < -0.3 is 10.2 Å². The number of amides is 1. The van der Waals surface area contributed by atoms with Crippen molar-refractivity contribution in [3.8, 4) is 0 Å². The number of hydrogen-bond acceptors (Lipinski definition) is 8. The van der Waals surface area contributed by atoms with Crippen molar-refractivity contribution in [2.75, 3.05) is 16.5 Å². The summed E-state index contributed by atoms with van der Waals surface area (Å²) in [7, 11) is -0.503. The van der Waals surface area contributed by atoms with Gasteiger partial charge in [0.2, 0.25) is 16.0 Å². The number of halogens is 1. The van der Waals surface area contributed by atoms with E-state index in [0.717, 1.165) is 22.9 Å². The van der Waals surface area contributed by atoms with Gasteiger partial charge in [0.1, 0.15) is 5.82 Å². The van der Waals surface area contributed by atoms with Gasteiger partial charge in [-0.3, -0.25) is 18.8 Å². The zero-order valence-corrected chi connectivity index (χ0v) is 22.9. The Morgan fingerprint density at radius 2 is 1.85 bits per heavy atom. The highest BCUT2D eigenvalue weighted by molar-refractivity contribution is 7.89. The van der Waals surface area contributed by atoms with Gasteiger partial charge in [0.25, 0.3) is 11.5 Å². The summed E-state index contributed by atoms with van der Waals surface area (Å²) < 4.78 is 41.8. The molecule has 2 aromatic heterocycles. The van der Waals surface area contributed by atoms with E-state index in [4.69, 9.17) is 4.98 Å². The fourth-order valence-electron chi connectivity index (χ4n) is 4.95. The molecule has 4 aromatic rings. The van der Waals surface area contributed by atoms with Gasteiger partial charge in [-0.15, -0.1) is 0 Å². The molecule has 0 fully saturated rings. The maximum Gasteiger partial charge on any atom is 0.287 e. The van der Waals surface area contributed by atoms with E-state index in [2.05, 4.69) is 10.4 Å². The summed E-state index contributed by atoms with van der Waals surface area (Å²) in [5.41, 5.74) is 3.89. The molecule has 1 atom stereocenters. The maximum atomic E-state index is 13.8. The Hall–Kier alpha value is -4.26. The van der Waals surface area contributed by atoms with Crippen LogP contribution in [0.4, 0.5) is 16.0 Å². The number of fused-ring (bicyclic) bond motifs is 2. The van der Waals surface area contributed by atoms with Gasteiger partial charge in [0.15, 0.2) is 5.69 Å². The normalized spacial score (nSPS) is 13.9. The highest BCUT2D eigenvalue weighted by Crippen LogP contribution is 2.31. The van der Waals surface area contributed by atoms with Crippen LogP contribution in [0.5, 0.6) is 0 Å². The molecule has 5 rings (SSSR count). The first-order valence-electron chi connectivity index (χ1n) is 12.2. The lowest BCUT2D eigenvalue weighted by molar-refractivity contribution is 0.0977. The van der Waals surface area contributed by atoms with E-state index in [1.165, 1.54) is 21.4 Å². The van der Waals surface area contributed by atoms with Crippen molar-refractivity contribution in [1.29, 1.82) is 0 Å². The molecule has 0 aliphatic carbocycles. The summed E-state index contributed by atoms with van der Waals surface area (Å²) in [4.78, 5) is 32.9. The Bertz CT molecular complexity index is 1810. The molecule has 2 aromatic carbocycles. The molecular formula is C26H28FN7O4S. The van der Waals surface area contributed by atoms with Gasteiger partial charge in [0.05, 0.1) is 28.9 Å². The van der Waals surface area contributed by atoms with Crippen molar-refractivity contribution in [3.05, 3.63) is 80.6 Å². The van der Waals surface area contributed by atoms with Crippen molar-refractivity contribution in [2.45, 2.75) is 33.0 Å². The molecular weight excluding hydrogens is 525 g/mol. The molecule has 1 amide bonds. The van der Waals surface area contributed by atoms with Gasteiger partial charge in [-0.25, -0.2) is 22.5 Å². The topological polar surface area (TPSA) is 131 Å². The Morgan fingerprint density at radius 3 is 2.56 bits per heavy atom. The number of hydrogen-bond donors (Lipinski definition) is 2. The second kappa shape index (κ2) is 9.49. The number of aryl methyl sites for hydroxylation is 2. The molecule has 0 saturated heterocycles. The van der Waals surface area contributed by atoms with Gasteiger partial charge in [0, 0.05) is 38.9 Å². The van der Waals surface area contributed by atoms with E-state index in [1.807, 2.05) is 29.5 Å². The maximum absolute atomic E-state index is 13.8. The predicted molar refractivity (Wildman–Crippen MR) is 146 cm³/mol. The first kappa shape index (κ1) is 26.4. The second-order valence-corrected chi connectivity index (χ2v) is 11.7. The number of rotatable bonds is 6. The average molecular weight is 554 g/mol. The number of nitrogens with one attached hydrogen (secondary N) is 2. The lowest BCUT2D eigenvalue weighted by Gasteiger charge is -2.22. The summed E-state index contributed by atoms with van der Waals surface area (Å²) in [5, 5.41) is 7.79. The van der Waals surface area contributed by atoms with Crippen LogP contribution < -0.4 is 20.5 Å². The number of anilines is 2. The third-order valence-electron chi connectivity index (χ3n) is 6.66. The fourth-order valence-corrected chi connectivity index (χ4v) is 5.38. The standard InChI is InChI=1S/C26H28FN7O4S/c1-14-8-19(15(2)28-21-13-32(3)30-23(21)24(35)31-39(5,37)38)22-20(9-14)25(36)33(4)26(29-22)34-11-16-6-7-18(27)10-17(16)12-34/h6-10,13,15,28H,11-12H2,1-5H3,(H,31,35)/t15-/m0/s1. The van der Waals surface area contributed by atoms with Gasteiger partial charge in [-0.1, -0.05) is 12.1 Å². The molecule has 39 heavy (non-hydrogen) atoms. The van der Waals surface area contributed by atoms with Crippen LogP contribution in [0, 0.1) is 12.7 Å². The van der Waals surface area contributed by atoms with Crippen LogP contribution >= 0.6 is 0 Å². The van der Waals surface area contributed by atoms with Crippen molar-refractivity contribution in [1.82, 2.24) is 24.1 Å². The number of carbonyl (C=O) groups excluding carboxylic acids is 1. The van der Waals surface area contributed by atoms with Crippen LogP contribution in [0.2, 0.25) is 0 Å². The highest BCUT2D eigenvalue weighted by Gasteiger charge is 2.26. The highest BCUT2D eigenvalue weighted by atomic mass is 32.2. The Balaban J connectivity index is 1.55. The quantitative estimate of drug-likeness (QED) is 0.372. The van der Waals surface area contributed by atoms with Crippen LogP contribution in [0.3, 0.4) is 0 Å². The van der Waals surface area contributed by atoms with E-state index >= 15 is 0 Å². The Morgan fingerprint density at radius 1 is 1.13 bits per heavy atom. The molecule has 1 aliphatic heterocycles. The van der Waals surface area contributed by atoms with Crippen molar-refractivity contribution in [2.24, 2.45) is 14.1 Å².